The predicted molar refractivity (Wildman–Crippen MR) is 119 cm³/mol. The van der Waals surface area contributed by atoms with E-state index in [0.29, 0.717) is 18.2 Å². The minimum absolute atomic E-state index is 0.262. The number of likely N-dealkylation sites (tertiary alicyclic amines) is 1. The molecule has 1 aliphatic heterocycles. The van der Waals surface area contributed by atoms with E-state index in [1.54, 1.807) is 38.5 Å². The number of rotatable bonds is 9. The predicted octanol–water partition coefficient (Wildman–Crippen LogP) is 3.41. The standard InChI is InChI=1S/C23H30N2O4S/c1-28-21-9-7-19(8-10-21)5-3-15-25-16-4-6-20(18-25)17-24-30(26,27)23-13-11-22(29-2)12-14-23/h3,5,7-14,20,24H,4,6,15-18H2,1-2H3. The summed E-state index contributed by atoms with van der Waals surface area (Å²) in [7, 11) is -0.289. The summed E-state index contributed by atoms with van der Waals surface area (Å²) in [6.45, 7) is 3.23. The smallest absolute Gasteiger partial charge is 0.240 e. The third-order valence-electron chi connectivity index (χ3n) is 5.32. The summed E-state index contributed by atoms with van der Waals surface area (Å²) in [6, 6.07) is 14.4. The van der Waals surface area contributed by atoms with E-state index in [4.69, 9.17) is 9.47 Å². The number of methoxy groups -OCH3 is 2. The fourth-order valence-corrected chi connectivity index (χ4v) is 4.72. The zero-order chi connectivity index (χ0) is 21.4. The maximum Gasteiger partial charge on any atom is 0.240 e. The first kappa shape index (κ1) is 22.3. The van der Waals surface area contributed by atoms with Gasteiger partial charge in [-0.3, -0.25) is 4.90 Å². The highest BCUT2D eigenvalue weighted by molar-refractivity contribution is 7.89. The molecule has 7 heteroatoms. The first-order valence-corrected chi connectivity index (χ1v) is 11.6. The number of nitrogens with one attached hydrogen (secondary N) is 1. The zero-order valence-electron chi connectivity index (χ0n) is 17.6. The van der Waals surface area contributed by atoms with E-state index in [1.807, 2.05) is 24.3 Å². The first-order valence-electron chi connectivity index (χ1n) is 10.2. The molecule has 1 N–H and O–H groups in total. The van der Waals surface area contributed by atoms with Crippen LogP contribution in [0.2, 0.25) is 0 Å². The molecule has 1 aliphatic rings. The summed E-state index contributed by atoms with van der Waals surface area (Å²) in [4.78, 5) is 2.63. The van der Waals surface area contributed by atoms with Gasteiger partial charge in [-0.05, 0) is 67.3 Å². The molecule has 3 rings (SSSR count). The van der Waals surface area contributed by atoms with Crippen LogP contribution in [0.15, 0.2) is 59.5 Å². The Labute approximate surface area is 179 Å². The van der Waals surface area contributed by atoms with Crippen LogP contribution in [0, 0.1) is 5.92 Å². The van der Waals surface area contributed by atoms with Crippen molar-refractivity contribution >= 4 is 16.1 Å². The van der Waals surface area contributed by atoms with Gasteiger partial charge in [0, 0.05) is 19.6 Å². The van der Waals surface area contributed by atoms with Crippen molar-refractivity contribution in [3.63, 3.8) is 0 Å². The van der Waals surface area contributed by atoms with Gasteiger partial charge in [-0.15, -0.1) is 0 Å². The summed E-state index contributed by atoms with van der Waals surface area (Å²) in [5.74, 6) is 1.80. The lowest BCUT2D eigenvalue weighted by molar-refractivity contribution is 0.192. The Kier molecular flexibility index (Phi) is 7.90. The van der Waals surface area contributed by atoms with Gasteiger partial charge in [0.2, 0.25) is 10.0 Å². The van der Waals surface area contributed by atoms with Crippen LogP contribution < -0.4 is 14.2 Å². The van der Waals surface area contributed by atoms with Gasteiger partial charge in [-0.1, -0.05) is 24.3 Å². The molecule has 2 aromatic rings. The third kappa shape index (κ3) is 6.32. The van der Waals surface area contributed by atoms with Crippen LogP contribution in [-0.4, -0.2) is 53.7 Å². The number of sulfonamides is 1. The molecule has 0 amide bonds. The fraction of sp³-hybridized carbons (Fsp3) is 0.391. The van der Waals surface area contributed by atoms with E-state index >= 15 is 0 Å². The van der Waals surface area contributed by atoms with E-state index in [2.05, 4.69) is 21.8 Å². The maximum atomic E-state index is 12.5. The minimum Gasteiger partial charge on any atom is -0.497 e. The number of hydrogen-bond acceptors (Lipinski definition) is 5. The highest BCUT2D eigenvalue weighted by Gasteiger charge is 2.22. The van der Waals surface area contributed by atoms with Crippen molar-refractivity contribution in [2.45, 2.75) is 17.7 Å². The minimum atomic E-state index is -3.51. The molecular formula is C23H30N2O4S. The molecule has 0 saturated carbocycles. The molecule has 0 radical (unpaired) electrons. The third-order valence-corrected chi connectivity index (χ3v) is 6.76. The van der Waals surface area contributed by atoms with Crippen molar-refractivity contribution in [3.05, 3.63) is 60.2 Å². The van der Waals surface area contributed by atoms with Crippen molar-refractivity contribution in [3.8, 4) is 11.5 Å². The molecule has 2 aromatic carbocycles. The van der Waals surface area contributed by atoms with Gasteiger partial charge in [0.15, 0.2) is 0 Å². The lowest BCUT2D eigenvalue weighted by Gasteiger charge is -2.32. The van der Waals surface area contributed by atoms with Crippen LogP contribution in [0.5, 0.6) is 11.5 Å². The highest BCUT2D eigenvalue weighted by atomic mass is 32.2. The van der Waals surface area contributed by atoms with Crippen molar-refractivity contribution in [1.82, 2.24) is 9.62 Å². The maximum absolute atomic E-state index is 12.5. The van der Waals surface area contributed by atoms with Crippen molar-refractivity contribution in [2.24, 2.45) is 5.92 Å². The Morgan fingerprint density at radius 2 is 1.67 bits per heavy atom. The lowest BCUT2D eigenvalue weighted by atomic mass is 9.98. The topological polar surface area (TPSA) is 67.9 Å². The second-order valence-electron chi connectivity index (χ2n) is 7.47. The van der Waals surface area contributed by atoms with Crippen molar-refractivity contribution in [2.75, 3.05) is 40.4 Å². The number of ether oxygens (including phenoxy) is 2. The van der Waals surface area contributed by atoms with Crippen LogP contribution in [0.1, 0.15) is 18.4 Å². The zero-order valence-corrected chi connectivity index (χ0v) is 18.4. The Balaban J connectivity index is 1.48. The average molecular weight is 431 g/mol. The molecule has 1 saturated heterocycles. The molecule has 0 bridgehead atoms. The van der Waals surface area contributed by atoms with E-state index < -0.39 is 10.0 Å². The molecule has 1 fully saturated rings. The quantitative estimate of drug-likeness (QED) is 0.660. The van der Waals surface area contributed by atoms with Gasteiger partial charge in [0.1, 0.15) is 11.5 Å². The summed E-state index contributed by atoms with van der Waals surface area (Å²) < 4.78 is 38.1. The lowest BCUT2D eigenvalue weighted by Crippen LogP contribution is -2.40. The monoisotopic (exact) mass is 430 g/mol. The highest BCUT2D eigenvalue weighted by Crippen LogP contribution is 2.19. The number of nitrogens with zero attached hydrogens (tertiary/aromatic N) is 1. The molecule has 1 heterocycles. The van der Waals surface area contributed by atoms with Crippen LogP contribution in [0.3, 0.4) is 0 Å². The summed E-state index contributed by atoms with van der Waals surface area (Å²) in [6.07, 6.45) is 6.37. The van der Waals surface area contributed by atoms with Crippen LogP contribution in [0.4, 0.5) is 0 Å². The molecule has 30 heavy (non-hydrogen) atoms. The molecule has 1 unspecified atom stereocenters. The Morgan fingerprint density at radius 1 is 1.03 bits per heavy atom. The molecule has 0 spiro atoms. The Bertz CT molecular complexity index is 925. The largest absolute Gasteiger partial charge is 0.497 e. The number of benzene rings is 2. The van der Waals surface area contributed by atoms with Crippen LogP contribution in [0.25, 0.3) is 6.08 Å². The van der Waals surface area contributed by atoms with Gasteiger partial charge in [0.05, 0.1) is 19.1 Å². The number of hydrogen-bond donors (Lipinski definition) is 1. The van der Waals surface area contributed by atoms with Crippen LogP contribution in [-0.2, 0) is 10.0 Å². The fourth-order valence-electron chi connectivity index (χ4n) is 3.60. The van der Waals surface area contributed by atoms with Gasteiger partial charge < -0.3 is 9.47 Å². The molecule has 162 valence electrons. The van der Waals surface area contributed by atoms with Crippen LogP contribution >= 0.6 is 0 Å². The Hall–Kier alpha value is -2.35. The van der Waals surface area contributed by atoms with E-state index in [-0.39, 0.29) is 4.90 Å². The van der Waals surface area contributed by atoms with E-state index in [9.17, 15) is 8.42 Å². The van der Waals surface area contributed by atoms with Gasteiger partial charge >= 0.3 is 0 Å². The average Bonchev–Trinajstić information content (AvgIpc) is 2.78. The Morgan fingerprint density at radius 3 is 2.30 bits per heavy atom. The van der Waals surface area contributed by atoms with Gasteiger partial charge in [0.25, 0.3) is 0 Å². The summed E-state index contributed by atoms with van der Waals surface area (Å²) >= 11 is 0. The van der Waals surface area contributed by atoms with Gasteiger partial charge in [-0.25, -0.2) is 13.1 Å². The first-order chi connectivity index (χ1) is 14.5. The second-order valence-corrected chi connectivity index (χ2v) is 9.24. The molecule has 0 aromatic heterocycles. The molecule has 6 nitrogen and oxygen atoms in total. The number of piperidine rings is 1. The van der Waals surface area contributed by atoms with E-state index in [1.165, 1.54) is 0 Å². The second kappa shape index (κ2) is 10.6. The summed E-state index contributed by atoms with van der Waals surface area (Å²) in [5.41, 5.74) is 1.14. The van der Waals surface area contributed by atoms with Crippen molar-refractivity contribution < 1.29 is 17.9 Å². The van der Waals surface area contributed by atoms with Crippen molar-refractivity contribution in [1.29, 1.82) is 0 Å². The summed E-state index contributed by atoms with van der Waals surface area (Å²) in [5, 5.41) is 0. The molecule has 1 atom stereocenters. The SMILES string of the molecule is COc1ccc(C=CCN2CCCC(CNS(=O)(=O)c3ccc(OC)cc3)C2)cc1. The normalized spacial score (nSPS) is 17.9. The molecule has 0 aliphatic carbocycles. The van der Waals surface area contributed by atoms with Gasteiger partial charge in [-0.2, -0.15) is 0 Å². The van der Waals surface area contributed by atoms with E-state index in [0.717, 1.165) is 43.8 Å². The molecular weight excluding hydrogens is 400 g/mol.